The largest absolute Gasteiger partial charge is 0.493 e. The highest BCUT2D eigenvalue weighted by Crippen LogP contribution is 2.34. The molecular weight excluding hydrogens is 274 g/mol. The first kappa shape index (κ1) is 15.3. The van der Waals surface area contributed by atoms with Crippen LogP contribution in [-0.2, 0) is 16.3 Å². The van der Waals surface area contributed by atoms with Crippen LogP contribution in [0.5, 0.6) is 5.75 Å². The molecule has 1 aromatic carbocycles. The van der Waals surface area contributed by atoms with Gasteiger partial charge in [0.25, 0.3) is 0 Å². The molecule has 0 spiro atoms. The highest BCUT2D eigenvalue weighted by molar-refractivity contribution is 7.91. The van der Waals surface area contributed by atoms with Gasteiger partial charge in [-0.15, -0.1) is 0 Å². The number of hydrogen-bond acceptors (Lipinski definition) is 4. The van der Waals surface area contributed by atoms with Crippen molar-refractivity contribution in [2.24, 2.45) is 5.73 Å². The van der Waals surface area contributed by atoms with E-state index < -0.39 is 9.84 Å². The molecule has 1 aromatic rings. The Hall–Kier alpha value is -1.07. The van der Waals surface area contributed by atoms with E-state index in [2.05, 4.69) is 6.07 Å². The SMILES string of the molecule is CCS(=O)(=O)CCCOc1cccc2c1CCCC2N. The van der Waals surface area contributed by atoms with Gasteiger partial charge in [0.1, 0.15) is 15.6 Å². The van der Waals surface area contributed by atoms with Gasteiger partial charge >= 0.3 is 0 Å². The molecule has 4 nitrogen and oxygen atoms in total. The standard InChI is InChI=1S/C15H23NO3S/c1-2-20(17,18)11-5-10-19-15-9-4-6-12-13(15)7-3-8-14(12)16/h4,6,9,14H,2-3,5,7-8,10-11,16H2,1H3. The summed E-state index contributed by atoms with van der Waals surface area (Å²) in [6, 6.07) is 6.07. The maximum Gasteiger partial charge on any atom is 0.150 e. The van der Waals surface area contributed by atoms with Crippen LogP contribution in [0.2, 0.25) is 0 Å². The Morgan fingerprint density at radius 1 is 1.40 bits per heavy atom. The second-order valence-corrected chi connectivity index (χ2v) is 7.73. The van der Waals surface area contributed by atoms with Crippen LogP contribution >= 0.6 is 0 Å². The molecule has 0 radical (unpaired) electrons. The fourth-order valence-corrected chi connectivity index (χ4v) is 3.44. The number of sulfone groups is 1. The second kappa shape index (κ2) is 6.59. The van der Waals surface area contributed by atoms with Crippen LogP contribution < -0.4 is 10.5 Å². The van der Waals surface area contributed by atoms with Crippen molar-refractivity contribution in [1.82, 2.24) is 0 Å². The molecule has 0 saturated heterocycles. The third-order valence-corrected chi connectivity index (χ3v) is 5.60. The minimum absolute atomic E-state index is 0.0998. The molecule has 1 atom stereocenters. The van der Waals surface area contributed by atoms with Crippen LogP contribution in [0, 0.1) is 0 Å². The van der Waals surface area contributed by atoms with Crippen molar-refractivity contribution in [3.05, 3.63) is 29.3 Å². The van der Waals surface area contributed by atoms with Gasteiger partial charge in [-0.2, -0.15) is 0 Å². The van der Waals surface area contributed by atoms with E-state index in [1.807, 2.05) is 12.1 Å². The average molecular weight is 297 g/mol. The molecule has 5 heteroatoms. The number of fused-ring (bicyclic) bond motifs is 1. The lowest BCUT2D eigenvalue weighted by molar-refractivity contribution is 0.312. The number of benzene rings is 1. The van der Waals surface area contributed by atoms with Gasteiger partial charge in [0.15, 0.2) is 0 Å². The molecule has 1 aliphatic carbocycles. The monoisotopic (exact) mass is 297 g/mol. The summed E-state index contributed by atoms with van der Waals surface area (Å²) in [5, 5.41) is 0. The maximum atomic E-state index is 11.4. The van der Waals surface area contributed by atoms with Crippen molar-refractivity contribution in [1.29, 1.82) is 0 Å². The molecule has 0 saturated carbocycles. The Morgan fingerprint density at radius 3 is 2.95 bits per heavy atom. The lowest BCUT2D eigenvalue weighted by atomic mass is 9.87. The van der Waals surface area contributed by atoms with Crippen molar-refractivity contribution in [3.63, 3.8) is 0 Å². The fraction of sp³-hybridized carbons (Fsp3) is 0.600. The van der Waals surface area contributed by atoms with Gasteiger partial charge in [-0.1, -0.05) is 19.1 Å². The van der Waals surface area contributed by atoms with Gasteiger partial charge in [-0.05, 0) is 42.9 Å². The average Bonchev–Trinajstić information content (AvgIpc) is 2.44. The van der Waals surface area contributed by atoms with Crippen molar-refractivity contribution >= 4 is 9.84 Å². The molecule has 0 fully saturated rings. The minimum Gasteiger partial charge on any atom is -0.493 e. The van der Waals surface area contributed by atoms with Crippen molar-refractivity contribution in [3.8, 4) is 5.75 Å². The quantitative estimate of drug-likeness (QED) is 0.817. The van der Waals surface area contributed by atoms with Crippen LogP contribution in [0.3, 0.4) is 0 Å². The summed E-state index contributed by atoms with van der Waals surface area (Å²) < 4.78 is 28.6. The Morgan fingerprint density at radius 2 is 2.20 bits per heavy atom. The van der Waals surface area contributed by atoms with Crippen molar-refractivity contribution in [2.75, 3.05) is 18.1 Å². The lowest BCUT2D eigenvalue weighted by Gasteiger charge is -2.24. The Balaban J connectivity index is 1.96. The van der Waals surface area contributed by atoms with Gasteiger partial charge in [0, 0.05) is 11.8 Å². The van der Waals surface area contributed by atoms with Crippen molar-refractivity contribution in [2.45, 2.75) is 38.6 Å². The van der Waals surface area contributed by atoms with Gasteiger partial charge < -0.3 is 10.5 Å². The molecule has 1 unspecified atom stereocenters. The Kier molecular flexibility index (Phi) is 5.05. The van der Waals surface area contributed by atoms with Crippen LogP contribution in [0.25, 0.3) is 0 Å². The molecule has 20 heavy (non-hydrogen) atoms. The van der Waals surface area contributed by atoms with E-state index in [0.29, 0.717) is 13.0 Å². The predicted octanol–water partition coefficient (Wildman–Crippen LogP) is 2.23. The number of nitrogens with two attached hydrogens (primary N) is 1. The summed E-state index contributed by atoms with van der Waals surface area (Å²) in [6.45, 7) is 2.11. The summed E-state index contributed by atoms with van der Waals surface area (Å²) >= 11 is 0. The Labute approximate surface area is 121 Å². The van der Waals surface area contributed by atoms with Gasteiger partial charge in [0.2, 0.25) is 0 Å². The summed E-state index contributed by atoms with van der Waals surface area (Å²) in [6.07, 6.45) is 3.63. The van der Waals surface area contributed by atoms with Gasteiger partial charge in [-0.25, -0.2) is 8.42 Å². The van der Waals surface area contributed by atoms with Gasteiger partial charge in [0.05, 0.1) is 12.4 Å². The summed E-state index contributed by atoms with van der Waals surface area (Å²) in [7, 11) is -2.90. The third-order valence-electron chi connectivity index (χ3n) is 3.81. The fourth-order valence-electron chi connectivity index (χ4n) is 2.59. The normalized spacial score (nSPS) is 18.6. The maximum absolute atomic E-state index is 11.4. The van der Waals surface area contributed by atoms with Crippen LogP contribution in [0.15, 0.2) is 18.2 Å². The molecule has 0 bridgehead atoms. The summed E-state index contributed by atoms with van der Waals surface area (Å²) in [4.78, 5) is 0. The zero-order chi connectivity index (χ0) is 14.6. The van der Waals surface area contributed by atoms with E-state index in [1.165, 1.54) is 11.1 Å². The highest BCUT2D eigenvalue weighted by Gasteiger charge is 2.19. The first-order chi connectivity index (χ1) is 9.53. The van der Waals surface area contributed by atoms with E-state index in [1.54, 1.807) is 6.92 Å². The molecular formula is C15H23NO3S. The lowest BCUT2D eigenvalue weighted by Crippen LogP contribution is -2.18. The number of hydrogen-bond donors (Lipinski definition) is 1. The van der Waals surface area contributed by atoms with E-state index in [9.17, 15) is 8.42 Å². The molecule has 112 valence electrons. The molecule has 0 aliphatic heterocycles. The molecule has 0 amide bonds. The molecule has 0 aromatic heterocycles. The van der Waals surface area contributed by atoms with E-state index in [4.69, 9.17) is 10.5 Å². The zero-order valence-electron chi connectivity index (χ0n) is 12.0. The second-order valence-electron chi connectivity index (χ2n) is 5.26. The molecule has 2 N–H and O–H groups in total. The molecule has 1 aliphatic rings. The minimum atomic E-state index is -2.90. The molecule has 0 heterocycles. The van der Waals surface area contributed by atoms with Crippen molar-refractivity contribution < 1.29 is 13.2 Å². The van der Waals surface area contributed by atoms with Crippen LogP contribution in [0.1, 0.15) is 43.4 Å². The van der Waals surface area contributed by atoms with E-state index >= 15 is 0 Å². The molecule has 2 rings (SSSR count). The predicted molar refractivity (Wildman–Crippen MR) is 80.7 cm³/mol. The first-order valence-corrected chi connectivity index (χ1v) is 9.06. The third kappa shape index (κ3) is 3.73. The topological polar surface area (TPSA) is 69.4 Å². The van der Waals surface area contributed by atoms with E-state index in [-0.39, 0.29) is 17.5 Å². The summed E-state index contributed by atoms with van der Waals surface area (Å²) in [5.41, 5.74) is 8.48. The van der Waals surface area contributed by atoms with Gasteiger partial charge in [-0.3, -0.25) is 0 Å². The highest BCUT2D eigenvalue weighted by atomic mass is 32.2. The zero-order valence-corrected chi connectivity index (χ0v) is 12.8. The van der Waals surface area contributed by atoms with E-state index in [0.717, 1.165) is 25.0 Å². The number of rotatable bonds is 6. The first-order valence-electron chi connectivity index (χ1n) is 7.24. The van der Waals surface area contributed by atoms with Crippen LogP contribution in [0.4, 0.5) is 0 Å². The smallest absolute Gasteiger partial charge is 0.150 e. The Bertz CT molecular complexity index is 554. The number of ether oxygens (including phenoxy) is 1. The van der Waals surface area contributed by atoms with Crippen LogP contribution in [-0.4, -0.2) is 26.5 Å². The summed E-state index contributed by atoms with van der Waals surface area (Å²) in [5.74, 6) is 1.26.